The first-order valence-electron chi connectivity index (χ1n) is 7.55. The van der Waals surface area contributed by atoms with Crippen LogP contribution in [0.15, 0.2) is 53.6 Å². The van der Waals surface area contributed by atoms with Crippen LogP contribution in [-0.2, 0) is 6.54 Å². The van der Waals surface area contributed by atoms with Crippen molar-refractivity contribution < 1.29 is 27.9 Å². The lowest BCUT2D eigenvalue weighted by atomic mass is 10.1. The zero-order chi connectivity index (χ0) is 19.6. The van der Waals surface area contributed by atoms with Crippen molar-refractivity contribution in [1.29, 1.82) is 0 Å². The molecular weight excluding hydrogens is 367 g/mol. The summed E-state index contributed by atoms with van der Waals surface area (Å²) in [5.41, 5.74) is 1.76. The normalized spacial score (nSPS) is 11.4. The van der Waals surface area contributed by atoms with E-state index in [4.69, 9.17) is 5.21 Å². The number of halogens is 3. The molecule has 0 atom stereocenters. The van der Waals surface area contributed by atoms with E-state index in [-0.39, 0.29) is 17.5 Å². The van der Waals surface area contributed by atoms with Crippen LogP contribution < -0.4 is 15.8 Å². The molecule has 1 aromatic heterocycles. The lowest BCUT2D eigenvalue weighted by Gasteiger charge is -2.11. The Morgan fingerprint density at radius 1 is 1.22 bits per heavy atom. The van der Waals surface area contributed by atoms with E-state index in [0.717, 1.165) is 6.07 Å². The fourth-order valence-electron chi connectivity index (χ4n) is 2.52. The van der Waals surface area contributed by atoms with Gasteiger partial charge in [0.2, 0.25) is 0 Å². The summed E-state index contributed by atoms with van der Waals surface area (Å²) >= 11 is 0. The Bertz CT molecular complexity index is 1060. The fraction of sp³-hybridized carbons (Fsp3) is 0.118. The van der Waals surface area contributed by atoms with Gasteiger partial charge >= 0.3 is 6.36 Å². The van der Waals surface area contributed by atoms with Crippen LogP contribution in [0.4, 0.5) is 13.2 Å². The number of hydrogen-bond acceptors (Lipinski definition) is 5. The number of amides is 1. The summed E-state index contributed by atoms with van der Waals surface area (Å²) in [7, 11) is 0. The third-order valence-electron chi connectivity index (χ3n) is 3.67. The third-order valence-corrected chi connectivity index (χ3v) is 3.67. The summed E-state index contributed by atoms with van der Waals surface area (Å²) in [4.78, 5) is 28.2. The zero-order valence-corrected chi connectivity index (χ0v) is 13.5. The van der Waals surface area contributed by atoms with Crippen LogP contribution in [0, 0.1) is 0 Å². The molecule has 2 aromatic carbocycles. The molecule has 0 fully saturated rings. The lowest BCUT2D eigenvalue weighted by Crippen LogP contribution is -2.23. The number of benzene rings is 2. The molecule has 140 valence electrons. The second-order valence-corrected chi connectivity index (χ2v) is 5.55. The maximum absolute atomic E-state index is 12.6. The molecule has 3 rings (SSSR count). The molecule has 0 aliphatic heterocycles. The van der Waals surface area contributed by atoms with Crippen LogP contribution in [0.3, 0.4) is 0 Å². The van der Waals surface area contributed by atoms with Gasteiger partial charge in [0.15, 0.2) is 0 Å². The lowest BCUT2D eigenvalue weighted by molar-refractivity contribution is -0.274. The second-order valence-electron chi connectivity index (χ2n) is 5.55. The minimum atomic E-state index is -4.82. The van der Waals surface area contributed by atoms with Gasteiger partial charge in [-0.15, -0.1) is 13.2 Å². The summed E-state index contributed by atoms with van der Waals surface area (Å²) in [5.74, 6) is -1.19. The third kappa shape index (κ3) is 4.23. The Balaban J connectivity index is 1.96. The molecule has 2 N–H and O–H groups in total. The van der Waals surface area contributed by atoms with Gasteiger partial charge in [0, 0.05) is 5.56 Å². The number of rotatable bonds is 4. The number of nitrogens with zero attached hydrogens (tertiary/aromatic N) is 2. The molecule has 1 amide bonds. The van der Waals surface area contributed by atoms with E-state index in [1.54, 1.807) is 0 Å². The van der Waals surface area contributed by atoms with Crippen LogP contribution in [0.1, 0.15) is 15.9 Å². The van der Waals surface area contributed by atoms with Crippen molar-refractivity contribution in [2.75, 3.05) is 0 Å². The van der Waals surface area contributed by atoms with Crippen LogP contribution in [0.2, 0.25) is 0 Å². The van der Waals surface area contributed by atoms with E-state index in [2.05, 4.69) is 9.72 Å². The first kappa shape index (κ1) is 18.4. The summed E-state index contributed by atoms with van der Waals surface area (Å²) in [6.45, 7) is -0.0484. The molecule has 0 spiro atoms. The van der Waals surface area contributed by atoms with Gasteiger partial charge in [-0.25, -0.2) is 10.5 Å². The summed E-state index contributed by atoms with van der Waals surface area (Å²) in [6, 6.07) is 9.34. The highest BCUT2D eigenvalue weighted by Crippen LogP contribution is 2.23. The number of alkyl halides is 3. The molecule has 0 saturated carbocycles. The van der Waals surface area contributed by atoms with Gasteiger partial charge in [-0.3, -0.25) is 19.4 Å². The average Bonchev–Trinajstić information content (AvgIpc) is 2.62. The predicted octanol–water partition coefficient (Wildman–Crippen LogP) is 2.46. The Morgan fingerprint density at radius 2 is 2.00 bits per heavy atom. The molecule has 0 saturated heterocycles. The van der Waals surface area contributed by atoms with E-state index in [1.165, 1.54) is 52.8 Å². The first-order chi connectivity index (χ1) is 12.8. The van der Waals surface area contributed by atoms with Gasteiger partial charge < -0.3 is 4.74 Å². The standard InChI is InChI=1S/C17H12F3N3O4/c18-17(19,20)27-12-3-1-2-10(6-12)8-23-9-21-14-5-4-11(15(24)22-26)7-13(14)16(23)25/h1-7,9,26H,8H2,(H,22,24). The van der Waals surface area contributed by atoms with Crippen LogP contribution in [-0.4, -0.2) is 27.0 Å². The van der Waals surface area contributed by atoms with Crippen molar-refractivity contribution in [3.63, 3.8) is 0 Å². The van der Waals surface area contributed by atoms with Crippen molar-refractivity contribution in [2.45, 2.75) is 12.9 Å². The number of fused-ring (bicyclic) bond motifs is 1. The molecule has 27 heavy (non-hydrogen) atoms. The van der Waals surface area contributed by atoms with Gasteiger partial charge in [-0.05, 0) is 35.9 Å². The smallest absolute Gasteiger partial charge is 0.406 e. The van der Waals surface area contributed by atoms with Gasteiger partial charge in [0.25, 0.3) is 11.5 Å². The average molecular weight is 379 g/mol. The molecular formula is C17H12F3N3O4. The first-order valence-corrected chi connectivity index (χ1v) is 7.55. The number of nitrogens with one attached hydrogen (secondary N) is 1. The highest BCUT2D eigenvalue weighted by molar-refractivity contribution is 5.97. The maximum atomic E-state index is 12.6. The van der Waals surface area contributed by atoms with E-state index >= 15 is 0 Å². The number of carbonyl (C=O) groups excluding carboxylic acids is 1. The van der Waals surface area contributed by atoms with Crippen molar-refractivity contribution in [3.05, 3.63) is 70.3 Å². The van der Waals surface area contributed by atoms with Gasteiger partial charge in [0.1, 0.15) is 5.75 Å². The topological polar surface area (TPSA) is 93.5 Å². The Morgan fingerprint density at radius 3 is 2.70 bits per heavy atom. The largest absolute Gasteiger partial charge is 0.573 e. The molecule has 0 bridgehead atoms. The monoisotopic (exact) mass is 379 g/mol. The molecule has 10 heteroatoms. The molecule has 0 aliphatic carbocycles. The minimum absolute atomic E-state index is 0.0484. The Labute approximate surface area is 149 Å². The van der Waals surface area contributed by atoms with Gasteiger partial charge in [-0.1, -0.05) is 12.1 Å². The number of aromatic nitrogens is 2. The minimum Gasteiger partial charge on any atom is -0.406 e. The summed E-state index contributed by atoms with van der Waals surface area (Å²) in [5, 5.41) is 8.82. The number of hydroxylamine groups is 1. The highest BCUT2D eigenvalue weighted by Gasteiger charge is 2.31. The predicted molar refractivity (Wildman–Crippen MR) is 87.5 cm³/mol. The van der Waals surface area contributed by atoms with E-state index in [9.17, 15) is 22.8 Å². The molecule has 0 unspecified atom stereocenters. The maximum Gasteiger partial charge on any atom is 0.573 e. The van der Waals surface area contributed by atoms with Crippen LogP contribution in [0.25, 0.3) is 10.9 Å². The van der Waals surface area contributed by atoms with E-state index < -0.39 is 23.6 Å². The molecule has 1 heterocycles. The Hall–Kier alpha value is -3.40. The second kappa shape index (κ2) is 7.08. The number of hydrogen-bond donors (Lipinski definition) is 2. The zero-order valence-electron chi connectivity index (χ0n) is 13.5. The van der Waals surface area contributed by atoms with Gasteiger partial charge in [-0.2, -0.15) is 0 Å². The van der Waals surface area contributed by atoms with Crippen LogP contribution >= 0.6 is 0 Å². The highest BCUT2D eigenvalue weighted by atomic mass is 19.4. The summed E-state index contributed by atoms with van der Waals surface area (Å²) in [6.07, 6.45) is -3.56. The Kier molecular flexibility index (Phi) is 4.82. The van der Waals surface area contributed by atoms with E-state index in [1.807, 2.05) is 0 Å². The van der Waals surface area contributed by atoms with Crippen molar-refractivity contribution in [2.24, 2.45) is 0 Å². The number of ether oxygens (including phenoxy) is 1. The van der Waals surface area contributed by atoms with E-state index in [0.29, 0.717) is 11.1 Å². The van der Waals surface area contributed by atoms with Crippen molar-refractivity contribution in [1.82, 2.24) is 15.0 Å². The van der Waals surface area contributed by atoms with Gasteiger partial charge in [0.05, 0.1) is 23.8 Å². The fourth-order valence-corrected chi connectivity index (χ4v) is 2.52. The number of carbonyl (C=O) groups is 1. The van der Waals surface area contributed by atoms with Crippen LogP contribution in [0.5, 0.6) is 5.75 Å². The van der Waals surface area contributed by atoms with Crippen molar-refractivity contribution >= 4 is 16.8 Å². The molecule has 0 aliphatic rings. The van der Waals surface area contributed by atoms with Crippen molar-refractivity contribution in [3.8, 4) is 5.75 Å². The summed E-state index contributed by atoms with van der Waals surface area (Å²) < 4.78 is 42.1. The quantitative estimate of drug-likeness (QED) is 0.537. The molecule has 7 nitrogen and oxygen atoms in total. The molecule has 0 radical (unpaired) electrons. The SMILES string of the molecule is O=C(NO)c1ccc2ncn(Cc3cccc(OC(F)(F)F)c3)c(=O)c2c1. The molecule has 3 aromatic rings.